The highest BCUT2D eigenvalue weighted by Crippen LogP contribution is 2.47. The molecular formula is C19H29N5O3S. The Bertz CT molecular complexity index is 845. The Labute approximate surface area is 166 Å². The normalized spacial score (nSPS) is 18.8. The van der Waals surface area contributed by atoms with Gasteiger partial charge in [0.1, 0.15) is 0 Å². The molecule has 1 saturated carbocycles. The number of primary sulfonamides is 1. The van der Waals surface area contributed by atoms with E-state index in [2.05, 4.69) is 10.2 Å². The lowest BCUT2D eigenvalue weighted by atomic mass is 9.68. The summed E-state index contributed by atoms with van der Waals surface area (Å²) in [6, 6.07) is 6.40. The smallest absolute Gasteiger partial charge is 0.241 e. The minimum atomic E-state index is -3.70. The van der Waals surface area contributed by atoms with Gasteiger partial charge in [-0.25, -0.2) is 18.5 Å². The maximum Gasteiger partial charge on any atom is 0.241 e. The molecule has 1 aromatic rings. The van der Waals surface area contributed by atoms with Gasteiger partial charge in [-0.05, 0) is 42.4 Å². The Balaban J connectivity index is 1.71. The van der Waals surface area contributed by atoms with E-state index in [9.17, 15) is 13.2 Å². The summed E-state index contributed by atoms with van der Waals surface area (Å²) in [5.74, 6) is 0.720. The van der Waals surface area contributed by atoms with Gasteiger partial charge >= 0.3 is 0 Å². The zero-order valence-electron chi connectivity index (χ0n) is 16.5. The fourth-order valence-electron chi connectivity index (χ4n) is 3.73. The maximum absolute atomic E-state index is 12.0. The number of nitrogens with two attached hydrogens (primary N) is 1. The molecule has 8 nitrogen and oxygen atoms in total. The number of carbonyl (C=O) groups is 1. The Kier molecular flexibility index (Phi) is 5.95. The van der Waals surface area contributed by atoms with Crippen molar-refractivity contribution in [2.24, 2.45) is 15.5 Å². The molecule has 28 heavy (non-hydrogen) atoms. The number of rotatable bonds is 5. The number of amides is 1. The number of nitrogens with one attached hydrogen (secondary N) is 1. The second-order valence-corrected chi connectivity index (χ2v) is 9.56. The van der Waals surface area contributed by atoms with Crippen molar-refractivity contribution < 1.29 is 13.2 Å². The molecule has 1 amide bonds. The highest BCUT2D eigenvalue weighted by Gasteiger charge is 2.43. The minimum Gasteiger partial charge on any atom is -0.347 e. The average Bonchev–Trinajstić information content (AvgIpc) is 3.07. The molecule has 154 valence electrons. The maximum atomic E-state index is 12.0. The Hall–Kier alpha value is -2.13. The lowest BCUT2D eigenvalue weighted by Gasteiger charge is -2.38. The fraction of sp³-hybridized carbons (Fsp3) is 0.579. The molecule has 3 rings (SSSR count). The number of sulfonamides is 1. The first-order valence-corrected chi connectivity index (χ1v) is 11.1. The summed E-state index contributed by atoms with van der Waals surface area (Å²) in [6.07, 6.45) is 4.99. The van der Waals surface area contributed by atoms with Crippen molar-refractivity contribution in [2.45, 2.75) is 37.1 Å². The topological polar surface area (TPSA) is 108 Å². The largest absolute Gasteiger partial charge is 0.347 e. The third-order valence-electron chi connectivity index (χ3n) is 5.71. The van der Waals surface area contributed by atoms with E-state index in [4.69, 9.17) is 10.1 Å². The van der Waals surface area contributed by atoms with Crippen LogP contribution in [0, 0.1) is 5.41 Å². The molecule has 1 aliphatic carbocycles. The van der Waals surface area contributed by atoms with Crippen LogP contribution in [0.4, 0.5) is 0 Å². The SMILES string of the molecule is CN(C)C(=O)CNC(=NCc1ccc(S(N)(=O)=O)cc1)N1CCC2(CCC2)C1. The molecule has 0 radical (unpaired) electrons. The van der Waals surface area contributed by atoms with Crippen LogP contribution in [0.5, 0.6) is 0 Å². The van der Waals surface area contributed by atoms with Gasteiger partial charge in [0.2, 0.25) is 15.9 Å². The van der Waals surface area contributed by atoms with Gasteiger partial charge in [-0.3, -0.25) is 4.79 Å². The number of aliphatic imine (C=N–C) groups is 1. The summed E-state index contributed by atoms with van der Waals surface area (Å²) in [7, 11) is -0.240. The molecule has 1 spiro atoms. The summed E-state index contributed by atoms with van der Waals surface area (Å²) in [6.45, 7) is 2.50. The van der Waals surface area contributed by atoms with Crippen LogP contribution < -0.4 is 10.5 Å². The fourth-order valence-corrected chi connectivity index (χ4v) is 4.25. The monoisotopic (exact) mass is 407 g/mol. The average molecular weight is 408 g/mol. The van der Waals surface area contributed by atoms with Crippen LogP contribution in [0.1, 0.15) is 31.2 Å². The Morgan fingerprint density at radius 2 is 1.93 bits per heavy atom. The van der Waals surface area contributed by atoms with Crippen molar-refractivity contribution in [1.82, 2.24) is 15.1 Å². The van der Waals surface area contributed by atoms with Gasteiger partial charge in [0.25, 0.3) is 0 Å². The Morgan fingerprint density at radius 1 is 1.25 bits per heavy atom. The van der Waals surface area contributed by atoms with Crippen molar-refractivity contribution in [2.75, 3.05) is 33.7 Å². The van der Waals surface area contributed by atoms with Crippen LogP contribution in [-0.4, -0.2) is 63.8 Å². The number of nitrogens with zero attached hydrogens (tertiary/aromatic N) is 3. The predicted molar refractivity (Wildman–Crippen MR) is 108 cm³/mol. The molecule has 2 aliphatic rings. The Morgan fingerprint density at radius 3 is 2.43 bits per heavy atom. The third kappa shape index (κ3) is 4.82. The molecule has 1 aliphatic heterocycles. The molecule has 2 fully saturated rings. The summed E-state index contributed by atoms with van der Waals surface area (Å²) in [5.41, 5.74) is 1.30. The van der Waals surface area contributed by atoms with Gasteiger partial charge < -0.3 is 15.1 Å². The van der Waals surface area contributed by atoms with E-state index < -0.39 is 10.0 Å². The second-order valence-electron chi connectivity index (χ2n) is 8.00. The predicted octanol–water partition coefficient (Wildman–Crippen LogP) is 0.744. The quantitative estimate of drug-likeness (QED) is 0.553. The number of likely N-dealkylation sites (N-methyl/N-ethyl adjacent to an activating group) is 1. The number of carbonyl (C=O) groups excluding carboxylic acids is 1. The molecule has 0 unspecified atom stereocenters. The van der Waals surface area contributed by atoms with Crippen molar-refractivity contribution in [3.8, 4) is 0 Å². The number of hydrogen-bond acceptors (Lipinski definition) is 4. The van der Waals surface area contributed by atoms with E-state index in [1.807, 2.05) is 0 Å². The number of guanidine groups is 1. The van der Waals surface area contributed by atoms with Crippen molar-refractivity contribution >= 4 is 21.9 Å². The second kappa shape index (κ2) is 8.08. The third-order valence-corrected chi connectivity index (χ3v) is 6.64. The van der Waals surface area contributed by atoms with Gasteiger partial charge in [0.05, 0.1) is 18.0 Å². The molecule has 1 aromatic carbocycles. The molecule has 1 saturated heterocycles. The van der Waals surface area contributed by atoms with Crippen LogP contribution in [0.15, 0.2) is 34.2 Å². The summed E-state index contributed by atoms with van der Waals surface area (Å²) >= 11 is 0. The van der Waals surface area contributed by atoms with Crippen LogP contribution in [0.3, 0.4) is 0 Å². The number of likely N-dealkylation sites (tertiary alicyclic amines) is 1. The van der Waals surface area contributed by atoms with E-state index in [1.165, 1.54) is 37.8 Å². The highest BCUT2D eigenvalue weighted by molar-refractivity contribution is 7.89. The molecule has 9 heteroatoms. The molecule has 0 aromatic heterocycles. The lowest BCUT2D eigenvalue weighted by Crippen LogP contribution is -2.45. The highest BCUT2D eigenvalue weighted by atomic mass is 32.2. The summed E-state index contributed by atoms with van der Waals surface area (Å²) in [5, 5.41) is 8.34. The zero-order valence-corrected chi connectivity index (χ0v) is 17.3. The summed E-state index contributed by atoms with van der Waals surface area (Å²) < 4.78 is 22.8. The van der Waals surface area contributed by atoms with Crippen molar-refractivity contribution in [3.63, 3.8) is 0 Å². The zero-order chi connectivity index (χ0) is 20.4. The van der Waals surface area contributed by atoms with E-state index >= 15 is 0 Å². The molecule has 3 N–H and O–H groups in total. The van der Waals surface area contributed by atoms with E-state index in [1.54, 1.807) is 31.1 Å². The molecule has 1 heterocycles. The molecule has 0 atom stereocenters. The van der Waals surface area contributed by atoms with E-state index in [0.29, 0.717) is 12.0 Å². The summed E-state index contributed by atoms with van der Waals surface area (Å²) in [4.78, 5) is 20.6. The van der Waals surface area contributed by atoms with Crippen molar-refractivity contribution in [3.05, 3.63) is 29.8 Å². The van der Waals surface area contributed by atoms with Crippen LogP contribution >= 0.6 is 0 Å². The van der Waals surface area contributed by atoms with Crippen LogP contribution in [0.25, 0.3) is 0 Å². The number of hydrogen-bond donors (Lipinski definition) is 2. The van der Waals surface area contributed by atoms with Gasteiger partial charge in [-0.1, -0.05) is 18.6 Å². The standard InChI is InChI=1S/C19H29N5O3S/c1-23(2)17(25)13-22-18(24-11-10-19(14-24)8-3-9-19)21-12-15-4-6-16(7-5-15)28(20,26)27/h4-7H,3,8-14H2,1-2H3,(H,21,22)(H2,20,26,27). The van der Waals surface area contributed by atoms with Crippen LogP contribution in [0.2, 0.25) is 0 Å². The lowest BCUT2D eigenvalue weighted by molar-refractivity contribution is -0.127. The molecule has 0 bridgehead atoms. The van der Waals surface area contributed by atoms with Crippen LogP contribution in [-0.2, 0) is 21.4 Å². The molecular weight excluding hydrogens is 378 g/mol. The van der Waals surface area contributed by atoms with Gasteiger partial charge in [-0.2, -0.15) is 0 Å². The van der Waals surface area contributed by atoms with Gasteiger partial charge in [-0.15, -0.1) is 0 Å². The first kappa shape index (κ1) is 20.6. The van der Waals surface area contributed by atoms with E-state index in [0.717, 1.165) is 24.6 Å². The van der Waals surface area contributed by atoms with Gasteiger partial charge in [0.15, 0.2) is 5.96 Å². The van der Waals surface area contributed by atoms with Gasteiger partial charge in [0, 0.05) is 27.2 Å². The van der Waals surface area contributed by atoms with Crippen molar-refractivity contribution in [1.29, 1.82) is 0 Å². The minimum absolute atomic E-state index is 0.0113. The first-order valence-electron chi connectivity index (χ1n) is 9.54. The van der Waals surface area contributed by atoms with E-state index in [-0.39, 0.29) is 17.3 Å². The first-order chi connectivity index (χ1) is 13.2. The number of benzene rings is 1.